The van der Waals surface area contributed by atoms with Gasteiger partial charge in [0.25, 0.3) is 0 Å². The molecule has 0 aromatic heterocycles. The van der Waals surface area contributed by atoms with Crippen molar-refractivity contribution in [2.75, 3.05) is 26.4 Å². The van der Waals surface area contributed by atoms with Crippen molar-refractivity contribution < 1.29 is 134 Å². The highest BCUT2D eigenvalue weighted by Gasteiger charge is 2.58. The Balaban J connectivity index is 1.44. The molecule has 27 nitrogen and oxygen atoms in total. The number of hydrogen-bond acceptors (Lipinski definition) is 26. The second-order valence-electron chi connectivity index (χ2n) is 14.0. The van der Waals surface area contributed by atoms with E-state index in [1.165, 1.54) is 0 Å². The summed E-state index contributed by atoms with van der Waals surface area (Å²) in [5.74, 6) is -1.78. The fraction of sp³-hybridized carbons (Fsp3) is 0.967. The average Bonchev–Trinajstić information content (AvgIpc) is 3.19. The molecule has 0 spiro atoms. The molecule has 0 bridgehead atoms. The van der Waals surface area contributed by atoms with Gasteiger partial charge in [0.15, 0.2) is 37.6 Å². The van der Waals surface area contributed by atoms with Crippen molar-refractivity contribution in [1.29, 1.82) is 0 Å². The van der Waals surface area contributed by atoms with Gasteiger partial charge in [-0.2, -0.15) is 0 Å². The first-order valence-electron chi connectivity index (χ1n) is 17.6. The highest BCUT2D eigenvalue weighted by molar-refractivity contribution is 5.73. The molecule has 332 valence electrons. The molecule has 25 atom stereocenters. The van der Waals surface area contributed by atoms with Crippen molar-refractivity contribution in [2.45, 2.75) is 154 Å². The Morgan fingerprint density at radius 1 is 0.368 bits per heavy atom. The third-order valence-electron chi connectivity index (χ3n) is 10.3. The lowest BCUT2D eigenvalue weighted by Gasteiger charge is -2.50. The van der Waals surface area contributed by atoms with Crippen LogP contribution in [0.3, 0.4) is 0 Å². The number of carboxylic acids is 1. The standard InChI is InChI=1S/C30H50O27/c31-1-5-9(35)12(38)16(42)27(50-5)57-24-22(11(37)7(3-33)51-30(24)54-21-10(36)6(2-32)49-26(48)19(21)45)55-28-18(44)15(41)20(8(4-34)52-28)53-29-17(43)13(39)14(40)23(56-29)25(46)47/h5-24,26-45,48H,1-4H2,(H,46,47)/t5-,6-,7-,8-,9+,10-,11+,12+,13+,14+,15-,16-,17-,18-,19-,20+,21+,22+,23+,24-,26?,27-,28+,29-,30-/m1/s1. The Morgan fingerprint density at radius 3 is 1.33 bits per heavy atom. The smallest absolute Gasteiger partial charge is 0.335 e. The predicted octanol–water partition coefficient (Wildman–Crippen LogP) is -11.8. The van der Waals surface area contributed by atoms with Crippen molar-refractivity contribution in [3.63, 3.8) is 0 Å². The van der Waals surface area contributed by atoms with Crippen LogP contribution in [-0.4, -0.2) is 273 Å². The molecule has 5 fully saturated rings. The van der Waals surface area contributed by atoms with Crippen molar-refractivity contribution in [1.82, 2.24) is 0 Å². The maximum absolute atomic E-state index is 11.6. The summed E-state index contributed by atoms with van der Waals surface area (Å²) in [4.78, 5) is 11.6. The third-order valence-corrected chi connectivity index (χ3v) is 10.3. The number of carboxylic acid groups (broad SMARTS) is 1. The van der Waals surface area contributed by atoms with E-state index in [-0.39, 0.29) is 0 Å². The Labute approximate surface area is 320 Å². The van der Waals surface area contributed by atoms with Gasteiger partial charge in [0.05, 0.1) is 26.4 Å². The molecule has 0 aromatic carbocycles. The molecule has 57 heavy (non-hydrogen) atoms. The van der Waals surface area contributed by atoms with E-state index in [1.54, 1.807) is 0 Å². The van der Waals surface area contributed by atoms with Gasteiger partial charge < -0.3 is 129 Å². The van der Waals surface area contributed by atoms with Crippen LogP contribution in [0.25, 0.3) is 0 Å². The molecular weight excluding hydrogens is 792 g/mol. The fourth-order valence-electron chi connectivity index (χ4n) is 6.98. The van der Waals surface area contributed by atoms with E-state index >= 15 is 0 Å². The highest BCUT2D eigenvalue weighted by Crippen LogP contribution is 2.37. The van der Waals surface area contributed by atoms with E-state index in [9.17, 15) is 91.6 Å². The van der Waals surface area contributed by atoms with Gasteiger partial charge in [-0.15, -0.1) is 0 Å². The quantitative estimate of drug-likeness (QED) is 0.0818. The molecule has 0 radical (unpaired) electrons. The van der Waals surface area contributed by atoms with Gasteiger partial charge >= 0.3 is 5.97 Å². The minimum absolute atomic E-state index is 0.907. The zero-order valence-electron chi connectivity index (χ0n) is 29.4. The number of aliphatic hydroxyl groups is 16. The number of aliphatic carboxylic acids is 1. The summed E-state index contributed by atoms with van der Waals surface area (Å²) in [6.45, 7) is -3.96. The van der Waals surface area contributed by atoms with Crippen LogP contribution in [0.1, 0.15) is 0 Å². The first kappa shape index (κ1) is 46.5. The lowest BCUT2D eigenvalue weighted by Crippen LogP contribution is -2.69. The molecule has 0 amide bonds. The zero-order valence-corrected chi connectivity index (χ0v) is 29.4. The van der Waals surface area contributed by atoms with Gasteiger partial charge in [-0.05, 0) is 0 Å². The summed E-state index contributed by atoms with van der Waals surface area (Å²) in [6, 6.07) is 0. The Bertz CT molecular complexity index is 1280. The lowest BCUT2D eigenvalue weighted by atomic mass is 9.95. The third kappa shape index (κ3) is 9.38. The number of rotatable bonds is 13. The normalized spacial score (nSPS) is 52.4. The summed E-state index contributed by atoms with van der Waals surface area (Å²) in [7, 11) is 0. The van der Waals surface area contributed by atoms with E-state index < -0.39 is 186 Å². The van der Waals surface area contributed by atoms with E-state index in [4.69, 9.17) is 42.6 Å². The lowest BCUT2D eigenvalue weighted by molar-refractivity contribution is -0.408. The monoisotopic (exact) mass is 842 g/mol. The molecule has 5 heterocycles. The highest BCUT2D eigenvalue weighted by atomic mass is 16.8. The fourth-order valence-corrected chi connectivity index (χ4v) is 6.98. The van der Waals surface area contributed by atoms with E-state index in [1.807, 2.05) is 0 Å². The summed E-state index contributed by atoms with van der Waals surface area (Å²) in [6.07, 6.45) is -50.4. The van der Waals surface area contributed by atoms with E-state index in [2.05, 4.69) is 0 Å². The average molecular weight is 843 g/mol. The van der Waals surface area contributed by atoms with Crippen molar-refractivity contribution in [2.24, 2.45) is 0 Å². The van der Waals surface area contributed by atoms with Crippen molar-refractivity contribution >= 4 is 5.97 Å². The molecule has 17 N–H and O–H groups in total. The summed E-state index contributed by atoms with van der Waals surface area (Å²) >= 11 is 0. The van der Waals surface area contributed by atoms with Crippen LogP contribution in [-0.2, 0) is 47.4 Å². The van der Waals surface area contributed by atoms with Crippen molar-refractivity contribution in [3.05, 3.63) is 0 Å². The summed E-state index contributed by atoms with van der Waals surface area (Å²) in [5.41, 5.74) is 0. The molecule has 27 heteroatoms. The molecule has 1 unspecified atom stereocenters. The van der Waals surface area contributed by atoms with E-state index in [0.717, 1.165) is 0 Å². The van der Waals surface area contributed by atoms with Crippen LogP contribution in [0.4, 0.5) is 0 Å². The van der Waals surface area contributed by atoms with Gasteiger partial charge in [0.1, 0.15) is 116 Å². The van der Waals surface area contributed by atoms with Gasteiger partial charge in [0.2, 0.25) is 0 Å². The Kier molecular flexibility index (Phi) is 15.9. The Hall–Kier alpha value is -1.53. The zero-order chi connectivity index (χ0) is 42.2. The largest absolute Gasteiger partial charge is 0.479 e. The van der Waals surface area contributed by atoms with Crippen molar-refractivity contribution in [3.8, 4) is 0 Å². The van der Waals surface area contributed by atoms with E-state index in [0.29, 0.717) is 0 Å². The predicted molar refractivity (Wildman–Crippen MR) is 167 cm³/mol. The first-order chi connectivity index (χ1) is 26.9. The van der Waals surface area contributed by atoms with Crippen LogP contribution in [0.2, 0.25) is 0 Å². The maximum atomic E-state index is 11.6. The number of ether oxygens (including phenoxy) is 9. The molecule has 5 saturated heterocycles. The van der Waals surface area contributed by atoms with Gasteiger partial charge in [-0.3, -0.25) is 0 Å². The topological polar surface area (TPSA) is 444 Å². The number of aliphatic hydroxyl groups excluding tert-OH is 16. The molecular formula is C30H50O27. The second-order valence-corrected chi connectivity index (χ2v) is 14.0. The number of carbonyl (C=O) groups is 1. The minimum Gasteiger partial charge on any atom is -0.479 e. The van der Waals surface area contributed by atoms with Crippen LogP contribution >= 0.6 is 0 Å². The molecule has 0 aromatic rings. The van der Waals surface area contributed by atoms with Gasteiger partial charge in [0, 0.05) is 0 Å². The molecule has 5 aliphatic heterocycles. The molecule has 5 aliphatic rings. The first-order valence-corrected chi connectivity index (χ1v) is 17.6. The SMILES string of the molecule is O=C(O)[C@H]1O[C@@H](O[C@@H]2[C@H](O)[C@@H](O)[C@H](O[C@H]3[C@@H](O)[C@@H](CO)O[C@H](O[C@H]4[C@H](O)[C@@H](CO)OC(O)[C@@H]4O)[C@@H]3O[C@H]3O[C@H](CO)[C@H](O)[C@H](O)[C@H]3O)O[C@@H]2CO)[C@H](O)[C@@H](O)[C@@H]1O. The molecule has 0 aliphatic carbocycles. The Morgan fingerprint density at radius 2 is 0.772 bits per heavy atom. The second kappa shape index (κ2) is 19.5. The minimum atomic E-state index is -2.28. The summed E-state index contributed by atoms with van der Waals surface area (Å²) in [5, 5.41) is 177. The molecule has 0 saturated carbocycles. The number of hydrogen-bond donors (Lipinski definition) is 17. The maximum Gasteiger partial charge on any atom is 0.335 e. The molecule has 5 rings (SSSR count). The van der Waals surface area contributed by atoms with Crippen LogP contribution in [0.5, 0.6) is 0 Å². The summed E-state index contributed by atoms with van der Waals surface area (Å²) < 4.78 is 49.5. The van der Waals surface area contributed by atoms with Crippen LogP contribution in [0, 0.1) is 0 Å². The van der Waals surface area contributed by atoms with Crippen LogP contribution < -0.4 is 0 Å². The van der Waals surface area contributed by atoms with Gasteiger partial charge in [-0.1, -0.05) is 0 Å². The van der Waals surface area contributed by atoms with Crippen LogP contribution in [0.15, 0.2) is 0 Å². The van der Waals surface area contributed by atoms with Gasteiger partial charge in [-0.25, -0.2) is 4.79 Å².